The molecule has 1 aliphatic heterocycles. The molecule has 1 aromatic heterocycles. The summed E-state index contributed by atoms with van der Waals surface area (Å²) in [6.45, 7) is 2.79. The molecule has 1 atom stereocenters. The van der Waals surface area contributed by atoms with Gasteiger partial charge in [0.05, 0.1) is 12.3 Å². The van der Waals surface area contributed by atoms with Crippen LogP contribution >= 0.6 is 11.8 Å². The molecule has 1 aromatic rings. The van der Waals surface area contributed by atoms with E-state index in [2.05, 4.69) is 4.90 Å². The molecule has 0 radical (unpaired) electrons. The van der Waals surface area contributed by atoms with Gasteiger partial charge in [-0.05, 0) is 37.4 Å². The molecule has 0 spiro atoms. The summed E-state index contributed by atoms with van der Waals surface area (Å²) in [5, 5.41) is 9.18. The lowest BCUT2D eigenvalue weighted by atomic mass is 9.99. The van der Waals surface area contributed by atoms with E-state index in [1.165, 1.54) is 0 Å². The van der Waals surface area contributed by atoms with Crippen LogP contribution in [0.4, 0.5) is 8.78 Å². The van der Waals surface area contributed by atoms with E-state index in [0.717, 1.165) is 31.7 Å². The number of rotatable bonds is 6. The molecule has 2 heterocycles. The van der Waals surface area contributed by atoms with Crippen molar-refractivity contribution in [1.29, 1.82) is 0 Å². The fourth-order valence-corrected chi connectivity index (χ4v) is 2.84. The Bertz CT molecular complexity index is 386. The topological polar surface area (TPSA) is 36.6 Å². The SMILES string of the molecule is OCC1CCCN(Cc2ccc(CSC(F)F)o2)C1. The van der Waals surface area contributed by atoms with Crippen LogP contribution in [0.5, 0.6) is 0 Å². The van der Waals surface area contributed by atoms with Crippen molar-refractivity contribution in [3.05, 3.63) is 23.7 Å². The fraction of sp³-hybridized carbons (Fsp3) is 0.692. The number of thioether (sulfide) groups is 1. The highest BCUT2D eigenvalue weighted by Gasteiger charge is 2.20. The van der Waals surface area contributed by atoms with Gasteiger partial charge < -0.3 is 9.52 Å². The maximum Gasteiger partial charge on any atom is 0.284 e. The maximum absolute atomic E-state index is 12.1. The van der Waals surface area contributed by atoms with Crippen LogP contribution < -0.4 is 0 Å². The van der Waals surface area contributed by atoms with E-state index in [-0.39, 0.29) is 12.4 Å². The standard InChI is InChI=1S/C13H19F2NO2S/c14-13(15)19-9-12-4-3-11(18-12)7-16-5-1-2-10(6-16)8-17/h3-4,10,13,17H,1-2,5-9H2. The first-order valence-corrected chi connectivity index (χ1v) is 7.53. The second-order valence-electron chi connectivity index (χ2n) is 4.87. The zero-order valence-corrected chi connectivity index (χ0v) is 11.5. The Morgan fingerprint density at radius 1 is 1.42 bits per heavy atom. The predicted molar refractivity (Wildman–Crippen MR) is 71.1 cm³/mol. The second-order valence-corrected chi connectivity index (χ2v) is 5.84. The lowest BCUT2D eigenvalue weighted by Crippen LogP contribution is -2.36. The zero-order chi connectivity index (χ0) is 13.7. The molecule has 1 aliphatic rings. The predicted octanol–water partition coefficient (Wildman–Crippen LogP) is 2.94. The van der Waals surface area contributed by atoms with Crippen molar-refractivity contribution in [2.24, 2.45) is 5.92 Å². The second kappa shape index (κ2) is 7.26. The van der Waals surface area contributed by atoms with Gasteiger partial charge in [-0.15, -0.1) is 0 Å². The van der Waals surface area contributed by atoms with E-state index < -0.39 is 5.76 Å². The van der Waals surface area contributed by atoms with Crippen LogP contribution in [0.1, 0.15) is 24.4 Å². The number of hydrogen-bond donors (Lipinski definition) is 1. The number of likely N-dealkylation sites (tertiary alicyclic amines) is 1. The highest BCUT2D eigenvalue weighted by molar-refractivity contribution is 7.98. The smallest absolute Gasteiger partial charge is 0.284 e. The average Bonchev–Trinajstić information content (AvgIpc) is 2.84. The minimum atomic E-state index is -2.36. The van der Waals surface area contributed by atoms with Crippen LogP contribution in [-0.2, 0) is 12.3 Å². The van der Waals surface area contributed by atoms with Gasteiger partial charge in [0.25, 0.3) is 5.76 Å². The number of alkyl halides is 2. The fourth-order valence-electron chi connectivity index (χ4n) is 2.39. The Morgan fingerprint density at radius 3 is 2.95 bits per heavy atom. The van der Waals surface area contributed by atoms with Crippen molar-refractivity contribution in [3.8, 4) is 0 Å². The summed E-state index contributed by atoms with van der Waals surface area (Å²) in [4.78, 5) is 2.24. The summed E-state index contributed by atoms with van der Waals surface area (Å²) in [6.07, 6.45) is 2.15. The summed E-state index contributed by atoms with van der Waals surface area (Å²) in [7, 11) is 0. The molecule has 2 rings (SSSR count). The molecule has 3 nitrogen and oxygen atoms in total. The normalized spacial score (nSPS) is 21.2. The van der Waals surface area contributed by atoms with Crippen LogP contribution in [0.15, 0.2) is 16.5 Å². The van der Waals surface area contributed by atoms with Crippen molar-refractivity contribution in [1.82, 2.24) is 4.90 Å². The summed E-state index contributed by atoms with van der Waals surface area (Å²) in [5.41, 5.74) is 0. The van der Waals surface area contributed by atoms with Gasteiger partial charge in [0.2, 0.25) is 0 Å². The van der Waals surface area contributed by atoms with E-state index in [9.17, 15) is 13.9 Å². The monoisotopic (exact) mass is 291 g/mol. The van der Waals surface area contributed by atoms with E-state index >= 15 is 0 Å². The third kappa shape index (κ3) is 4.78. The number of piperidine rings is 1. The lowest BCUT2D eigenvalue weighted by molar-refractivity contribution is 0.110. The number of aliphatic hydroxyl groups is 1. The summed E-state index contributed by atoms with van der Waals surface area (Å²) >= 11 is 0.574. The maximum atomic E-state index is 12.1. The lowest BCUT2D eigenvalue weighted by Gasteiger charge is -2.30. The summed E-state index contributed by atoms with van der Waals surface area (Å²) in [6, 6.07) is 3.61. The Balaban J connectivity index is 1.82. The van der Waals surface area contributed by atoms with Crippen LogP contribution in [0.3, 0.4) is 0 Å². The van der Waals surface area contributed by atoms with Gasteiger partial charge in [-0.3, -0.25) is 4.90 Å². The van der Waals surface area contributed by atoms with Gasteiger partial charge in [-0.1, -0.05) is 11.8 Å². The van der Waals surface area contributed by atoms with E-state index in [1.54, 1.807) is 6.07 Å². The molecule has 1 N–H and O–H groups in total. The number of aliphatic hydroxyl groups excluding tert-OH is 1. The van der Waals surface area contributed by atoms with Crippen LogP contribution in [0.2, 0.25) is 0 Å². The molecule has 6 heteroatoms. The third-order valence-electron chi connectivity index (χ3n) is 3.31. The summed E-state index contributed by atoms with van der Waals surface area (Å²) < 4.78 is 29.7. The van der Waals surface area contributed by atoms with Gasteiger partial charge in [0.1, 0.15) is 11.5 Å². The Labute approximate surface area is 116 Å². The number of hydrogen-bond acceptors (Lipinski definition) is 4. The van der Waals surface area contributed by atoms with Crippen molar-refractivity contribution in [2.75, 3.05) is 19.7 Å². The van der Waals surface area contributed by atoms with E-state index in [0.29, 0.717) is 30.0 Å². The zero-order valence-electron chi connectivity index (χ0n) is 10.7. The molecule has 0 amide bonds. The first-order valence-electron chi connectivity index (χ1n) is 6.48. The highest BCUT2D eigenvalue weighted by Crippen LogP contribution is 2.23. The van der Waals surface area contributed by atoms with Gasteiger partial charge in [0, 0.05) is 13.2 Å². The molecular weight excluding hydrogens is 272 g/mol. The number of furan rings is 1. The molecule has 0 bridgehead atoms. The van der Waals surface area contributed by atoms with Gasteiger partial charge in [-0.25, -0.2) is 0 Å². The van der Waals surface area contributed by atoms with Crippen molar-refractivity contribution in [2.45, 2.75) is 30.9 Å². The van der Waals surface area contributed by atoms with Crippen molar-refractivity contribution in [3.63, 3.8) is 0 Å². The number of halogens is 2. The Hall–Kier alpha value is -0.590. The van der Waals surface area contributed by atoms with E-state index in [1.807, 2.05) is 6.07 Å². The molecular formula is C13H19F2NO2S. The van der Waals surface area contributed by atoms with Gasteiger partial charge in [0.15, 0.2) is 0 Å². The minimum absolute atomic E-state index is 0.205. The van der Waals surface area contributed by atoms with Crippen molar-refractivity contribution >= 4 is 11.8 Å². The molecule has 19 heavy (non-hydrogen) atoms. The van der Waals surface area contributed by atoms with Crippen LogP contribution in [-0.4, -0.2) is 35.5 Å². The van der Waals surface area contributed by atoms with Crippen molar-refractivity contribution < 1.29 is 18.3 Å². The highest BCUT2D eigenvalue weighted by atomic mass is 32.2. The van der Waals surface area contributed by atoms with Gasteiger partial charge >= 0.3 is 0 Å². The number of nitrogens with zero attached hydrogens (tertiary/aromatic N) is 1. The first kappa shape index (κ1) is 14.8. The molecule has 0 saturated carbocycles. The molecule has 1 saturated heterocycles. The first-order chi connectivity index (χ1) is 9.17. The third-order valence-corrected chi connectivity index (χ3v) is 4.01. The minimum Gasteiger partial charge on any atom is -0.464 e. The van der Waals surface area contributed by atoms with E-state index in [4.69, 9.17) is 4.42 Å². The molecule has 0 aliphatic carbocycles. The average molecular weight is 291 g/mol. The Morgan fingerprint density at radius 2 is 2.21 bits per heavy atom. The van der Waals surface area contributed by atoms with Crippen LogP contribution in [0, 0.1) is 5.92 Å². The summed E-state index contributed by atoms with van der Waals surface area (Å²) in [5.74, 6) is -0.408. The Kier molecular flexibility index (Phi) is 5.66. The quantitative estimate of drug-likeness (QED) is 0.874. The molecule has 1 unspecified atom stereocenters. The molecule has 0 aromatic carbocycles. The molecule has 108 valence electrons. The van der Waals surface area contributed by atoms with Crippen LogP contribution in [0.25, 0.3) is 0 Å². The molecule has 1 fully saturated rings. The van der Waals surface area contributed by atoms with Gasteiger partial charge in [-0.2, -0.15) is 8.78 Å². The largest absolute Gasteiger partial charge is 0.464 e.